The van der Waals surface area contributed by atoms with E-state index < -0.39 is 0 Å². The molecule has 1 aliphatic rings. The smallest absolute Gasteiger partial charge is 0.321 e. The van der Waals surface area contributed by atoms with Crippen LogP contribution in [-0.4, -0.2) is 42.1 Å². The minimum absolute atomic E-state index is 0.0581. The van der Waals surface area contributed by atoms with Gasteiger partial charge in [0.15, 0.2) is 0 Å². The first-order chi connectivity index (χ1) is 15.2. The maximum Gasteiger partial charge on any atom is 0.321 e. The number of pyridine rings is 1. The van der Waals surface area contributed by atoms with E-state index in [0.29, 0.717) is 0 Å². The number of aromatic nitrogens is 1. The topological polar surface area (TPSA) is 48.5 Å². The lowest BCUT2D eigenvalue weighted by atomic mass is 10.0. The number of urea groups is 1. The van der Waals surface area contributed by atoms with Gasteiger partial charge in [0.05, 0.1) is 11.9 Å². The summed E-state index contributed by atoms with van der Waals surface area (Å²) in [5.41, 5.74) is 4.27. The number of carbonyl (C=O) groups excluding carboxylic acids is 1. The number of hydrogen-bond acceptors (Lipinski definition) is 3. The van der Waals surface area contributed by atoms with E-state index in [-0.39, 0.29) is 12.1 Å². The molecule has 31 heavy (non-hydrogen) atoms. The predicted octanol–water partition coefficient (Wildman–Crippen LogP) is 5.91. The molecule has 5 heteroatoms. The van der Waals surface area contributed by atoms with E-state index in [4.69, 9.17) is 0 Å². The minimum atomic E-state index is -0.0581. The van der Waals surface area contributed by atoms with Gasteiger partial charge in [-0.2, -0.15) is 0 Å². The van der Waals surface area contributed by atoms with Crippen molar-refractivity contribution in [3.05, 3.63) is 79.1 Å². The van der Waals surface area contributed by atoms with Gasteiger partial charge in [-0.1, -0.05) is 56.3 Å². The summed E-state index contributed by atoms with van der Waals surface area (Å²) in [5, 5.41) is 3.02. The Kier molecular flexibility index (Phi) is 8.05. The SMILES string of the molecule is CC.CN(C(=O)Nc1ccc(-c2ccccc2)cc1)C1CCN(c2cccnc2)CC1. The van der Waals surface area contributed by atoms with Gasteiger partial charge in [-0.15, -0.1) is 0 Å². The molecule has 0 spiro atoms. The number of nitrogens with one attached hydrogen (secondary N) is 1. The zero-order valence-corrected chi connectivity index (χ0v) is 18.7. The Bertz CT molecular complexity index is 921. The summed E-state index contributed by atoms with van der Waals surface area (Å²) in [4.78, 5) is 21.1. The van der Waals surface area contributed by atoms with Crippen LogP contribution in [0.15, 0.2) is 79.1 Å². The summed E-state index contributed by atoms with van der Waals surface area (Å²) in [7, 11) is 1.89. The lowest BCUT2D eigenvalue weighted by Gasteiger charge is -2.37. The van der Waals surface area contributed by atoms with Gasteiger partial charge in [0, 0.05) is 38.1 Å². The predicted molar refractivity (Wildman–Crippen MR) is 129 cm³/mol. The molecule has 5 nitrogen and oxygen atoms in total. The highest BCUT2D eigenvalue weighted by Gasteiger charge is 2.25. The fourth-order valence-electron chi connectivity index (χ4n) is 3.81. The number of rotatable bonds is 4. The van der Waals surface area contributed by atoms with Crippen LogP contribution in [0.2, 0.25) is 0 Å². The standard InChI is InChI=1S/C24H26N4O.C2H6/c1-27(22-13-16-28(17-14-22)23-8-5-15-25-18-23)24(29)26-21-11-9-20(10-12-21)19-6-3-2-4-7-19;1-2/h2-12,15,18,22H,13-14,16-17H2,1H3,(H,26,29);1-2H3. The Morgan fingerprint density at radius 2 is 1.58 bits per heavy atom. The van der Waals surface area contributed by atoms with Crippen molar-refractivity contribution in [2.75, 3.05) is 30.4 Å². The van der Waals surface area contributed by atoms with Gasteiger partial charge in [0.25, 0.3) is 0 Å². The Labute approximate surface area is 185 Å². The molecule has 1 aliphatic heterocycles. The zero-order chi connectivity index (χ0) is 22.1. The maximum absolute atomic E-state index is 12.7. The van der Waals surface area contributed by atoms with E-state index in [1.807, 2.05) is 80.5 Å². The number of benzene rings is 2. The van der Waals surface area contributed by atoms with Gasteiger partial charge < -0.3 is 15.1 Å². The van der Waals surface area contributed by atoms with E-state index in [0.717, 1.165) is 42.9 Å². The Hall–Kier alpha value is -3.34. The molecule has 2 amide bonds. The lowest BCUT2D eigenvalue weighted by Crippen LogP contribution is -2.47. The molecule has 1 fully saturated rings. The average Bonchev–Trinajstić information content (AvgIpc) is 2.86. The fourth-order valence-corrected chi connectivity index (χ4v) is 3.81. The number of carbonyl (C=O) groups is 1. The highest BCUT2D eigenvalue weighted by Crippen LogP contribution is 2.23. The molecule has 0 atom stereocenters. The van der Waals surface area contributed by atoms with Crippen LogP contribution in [0, 0.1) is 0 Å². The number of piperidine rings is 1. The van der Waals surface area contributed by atoms with Gasteiger partial charge in [0.1, 0.15) is 0 Å². The van der Waals surface area contributed by atoms with E-state index in [1.165, 1.54) is 5.56 Å². The summed E-state index contributed by atoms with van der Waals surface area (Å²) in [6, 6.07) is 22.5. The molecule has 2 aromatic carbocycles. The van der Waals surface area contributed by atoms with Gasteiger partial charge in [0.2, 0.25) is 0 Å². The van der Waals surface area contributed by atoms with Crippen molar-refractivity contribution in [1.82, 2.24) is 9.88 Å². The first-order valence-corrected chi connectivity index (χ1v) is 11.0. The molecular weight excluding hydrogens is 384 g/mol. The van der Waals surface area contributed by atoms with Crippen LogP contribution in [0.4, 0.5) is 16.2 Å². The molecule has 0 unspecified atom stereocenters. The third-order valence-corrected chi connectivity index (χ3v) is 5.59. The normalized spacial score (nSPS) is 13.7. The Morgan fingerprint density at radius 3 is 2.19 bits per heavy atom. The molecule has 1 N–H and O–H groups in total. The van der Waals surface area contributed by atoms with Crippen LogP contribution in [-0.2, 0) is 0 Å². The average molecular weight is 417 g/mol. The third kappa shape index (κ3) is 5.85. The van der Waals surface area contributed by atoms with Gasteiger partial charge >= 0.3 is 6.03 Å². The van der Waals surface area contributed by atoms with Crippen LogP contribution in [0.5, 0.6) is 0 Å². The molecule has 1 aromatic heterocycles. The number of anilines is 2. The number of hydrogen-bond donors (Lipinski definition) is 1. The Morgan fingerprint density at radius 1 is 0.935 bits per heavy atom. The summed E-state index contributed by atoms with van der Waals surface area (Å²) in [6.45, 7) is 5.86. The second-order valence-corrected chi connectivity index (χ2v) is 7.41. The molecule has 3 aromatic rings. The zero-order valence-electron chi connectivity index (χ0n) is 18.7. The maximum atomic E-state index is 12.7. The summed E-state index contributed by atoms with van der Waals surface area (Å²) >= 11 is 0. The second-order valence-electron chi connectivity index (χ2n) is 7.41. The van der Waals surface area contributed by atoms with E-state index in [2.05, 4.69) is 33.4 Å². The molecule has 0 radical (unpaired) electrons. The van der Waals surface area contributed by atoms with E-state index in [1.54, 1.807) is 6.20 Å². The van der Waals surface area contributed by atoms with Gasteiger partial charge in [-0.25, -0.2) is 4.79 Å². The van der Waals surface area contributed by atoms with Crippen molar-refractivity contribution in [2.45, 2.75) is 32.7 Å². The molecule has 4 rings (SSSR count). The highest BCUT2D eigenvalue weighted by atomic mass is 16.2. The quantitative estimate of drug-likeness (QED) is 0.575. The molecule has 2 heterocycles. The molecule has 0 bridgehead atoms. The number of amides is 2. The lowest BCUT2D eigenvalue weighted by molar-refractivity contribution is 0.193. The van der Waals surface area contributed by atoms with Gasteiger partial charge in [-0.3, -0.25) is 4.98 Å². The van der Waals surface area contributed by atoms with Gasteiger partial charge in [-0.05, 0) is 48.2 Å². The molecule has 162 valence electrons. The first-order valence-electron chi connectivity index (χ1n) is 11.0. The van der Waals surface area contributed by atoms with Crippen molar-refractivity contribution in [3.63, 3.8) is 0 Å². The van der Waals surface area contributed by atoms with Crippen molar-refractivity contribution in [3.8, 4) is 11.1 Å². The van der Waals surface area contributed by atoms with Crippen LogP contribution < -0.4 is 10.2 Å². The van der Waals surface area contributed by atoms with Crippen molar-refractivity contribution in [2.24, 2.45) is 0 Å². The number of nitrogens with zero attached hydrogens (tertiary/aromatic N) is 3. The largest absolute Gasteiger partial charge is 0.370 e. The van der Waals surface area contributed by atoms with E-state index >= 15 is 0 Å². The highest BCUT2D eigenvalue weighted by molar-refractivity contribution is 5.89. The third-order valence-electron chi connectivity index (χ3n) is 5.59. The van der Waals surface area contributed by atoms with Crippen molar-refractivity contribution < 1.29 is 4.79 Å². The summed E-state index contributed by atoms with van der Waals surface area (Å²) < 4.78 is 0. The van der Waals surface area contributed by atoms with Crippen LogP contribution in [0.3, 0.4) is 0 Å². The van der Waals surface area contributed by atoms with E-state index in [9.17, 15) is 4.79 Å². The second kappa shape index (κ2) is 11.2. The van der Waals surface area contributed by atoms with Crippen LogP contribution >= 0.6 is 0 Å². The summed E-state index contributed by atoms with van der Waals surface area (Å²) in [5.74, 6) is 0. The first kappa shape index (κ1) is 22.3. The molecular formula is C26H32N4O. The molecule has 0 saturated carbocycles. The fraction of sp³-hybridized carbons (Fsp3) is 0.308. The van der Waals surface area contributed by atoms with Crippen LogP contribution in [0.1, 0.15) is 26.7 Å². The Balaban J connectivity index is 0.00000132. The molecule has 0 aliphatic carbocycles. The molecule has 1 saturated heterocycles. The van der Waals surface area contributed by atoms with Crippen molar-refractivity contribution in [1.29, 1.82) is 0 Å². The van der Waals surface area contributed by atoms with Crippen LogP contribution in [0.25, 0.3) is 11.1 Å². The minimum Gasteiger partial charge on any atom is -0.370 e. The van der Waals surface area contributed by atoms with Crippen molar-refractivity contribution >= 4 is 17.4 Å². The summed E-state index contributed by atoms with van der Waals surface area (Å²) in [6.07, 6.45) is 5.59. The monoisotopic (exact) mass is 416 g/mol.